The van der Waals surface area contributed by atoms with Gasteiger partial charge in [0.05, 0.1) is 11.7 Å². The number of anilines is 2. The second kappa shape index (κ2) is 8.74. The Morgan fingerprint density at radius 2 is 2.14 bits per heavy atom. The summed E-state index contributed by atoms with van der Waals surface area (Å²) in [5.74, 6) is 2.76. The number of terminal acetylenes is 1. The Kier molecular flexibility index (Phi) is 5.59. The number of benzene rings is 2. The summed E-state index contributed by atoms with van der Waals surface area (Å²) < 4.78 is 7.94. The van der Waals surface area contributed by atoms with Crippen LogP contribution < -0.4 is 15.4 Å². The molecule has 9 heteroatoms. The van der Waals surface area contributed by atoms with Crippen molar-refractivity contribution in [1.29, 1.82) is 0 Å². The third-order valence-corrected chi connectivity index (χ3v) is 6.08. The predicted octanol–water partition coefficient (Wildman–Crippen LogP) is 3.34. The van der Waals surface area contributed by atoms with Gasteiger partial charge in [0.25, 0.3) is 0 Å². The van der Waals surface area contributed by atoms with Crippen molar-refractivity contribution in [2.75, 3.05) is 11.9 Å². The number of rotatable bonds is 6. The van der Waals surface area contributed by atoms with Gasteiger partial charge in [0.2, 0.25) is 5.95 Å². The van der Waals surface area contributed by atoms with Crippen molar-refractivity contribution < 1.29 is 14.6 Å². The molecule has 0 bridgehead atoms. The van der Waals surface area contributed by atoms with E-state index < -0.39 is 11.5 Å². The summed E-state index contributed by atoms with van der Waals surface area (Å²) in [5, 5.41) is 20.9. The smallest absolute Gasteiger partial charge is 0.323 e. The molecule has 9 nitrogen and oxygen atoms in total. The fraction of sp³-hybridized carbons (Fsp3) is 0.231. The van der Waals surface area contributed by atoms with E-state index in [0.717, 1.165) is 33.3 Å². The van der Waals surface area contributed by atoms with Crippen LogP contribution >= 0.6 is 0 Å². The van der Waals surface area contributed by atoms with Crippen molar-refractivity contribution in [2.24, 2.45) is 7.05 Å². The number of carboxylic acids is 1. The van der Waals surface area contributed by atoms with Gasteiger partial charge in [-0.2, -0.15) is 5.10 Å². The fourth-order valence-corrected chi connectivity index (χ4v) is 4.17. The van der Waals surface area contributed by atoms with Gasteiger partial charge in [-0.3, -0.25) is 14.8 Å². The number of fused-ring (bicyclic) bond motifs is 1. The fourth-order valence-electron chi connectivity index (χ4n) is 4.17. The Morgan fingerprint density at radius 1 is 1.29 bits per heavy atom. The quantitative estimate of drug-likeness (QED) is 0.369. The van der Waals surface area contributed by atoms with E-state index in [2.05, 4.69) is 31.6 Å². The van der Waals surface area contributed by atoms with Gasteiger partial charge < -0.3 is 15.2 Å². The number of carbonyl (C=O) groups is 1. The number of hydrogen-bond acceptors (Lipinski definition) is 7. The van der Waals surface area contributed by atoms with Crippen LogP contribution in [0.25, 0.3) is 22.0 Å². The maximum Gasteiger partial charge on any atom is 0.323 e. The molecule has 0 radical (unpaired) electrons. The number of carboxylic acid groups (broad SMARTS) is 1. The summed E-state index contributed by atoms with van der Waals surface area (Å²) in [4.78, 5) is 20.6. The van der Waals surface area contributed by atoms with Gasteiger partial charge >= 0.3 is 5.97 Å². The molecule has 1 saturated heterocycles. The predicted molar refractivity (Wildman–Crippen MR) is 132 cm³/mol. The van der Waals surface area contributed by atoms with E-state index in [4.69, 9.17) is 11.2 Å². The zero-order chi connectivity index (χ0) is 24.6. The van der Waals surface area contributed by atoms with E-state index in [9.17, 15) is 9.90 Å². The molecule has 2 aromatic carbocycles. The van der Waals surface area contributed by atoms with Crippen LogP contribution in [0.3, 0.4) is 0 Å². The standard InChI is InChI=1S/C26H24N6O3/c1-4-16-5-6-23-18(7-16)12-27-25(31-23)30-20-8-17(19-13-29-32(3)15-19)9-21(10-20)35-22-11-26(2,24(33)34)28-14-22/h1,5-10,12-13,15,22,28H,11,14H2,2-3H3,(H,33,34)(H,27,30,31)/t22-,26-/m0/s1. The normalized spacial score (nSPS) is 19.4. The van der Waals surface area contributed by atoms with Crippen molar-refractivity contribution >= 4 is 28.5 Å². The summed E-state index contributed by atoms with van der Waals surface area (Å²) >= 11 is 0. The van der Waals surface area contributed by atoms with Gasteiger partial charge in [-0.05, 0) is 42.8 Å². The zero-order valence-corrected chi connectivity index (χ0v) is 19.3. The van der Waals surface area contributed by atoms with Crippen LogP contribution in [-0.4, -0.2) is 49.0 Å². The summed E-state index contributed by atoms with van der Waals surface area (Å²) in [6.07, 6.45) is 11.0. The van der Waals surface area contributed by atoms with E-state index in [1.54, 1.807) is 24.0 Å². The molecule has 1 aliphatic rings. The lowest BCUT2D eigenvalue weighted by Gasteiger charge is -2.19. The van der Waals surface area contributed by atoms with Gasteiger partial charge in [-0.25, -0.2) is 9.97 Å². The Bertz CT molecular complexity index is 1470. The van der Waals surface area contributed by atoms with Crippen LogP contribution in [0, 0.1) is 12.3 Å². The molecule has 0 spiro atoms. The number of nitrogens with zero attached hydrogens (tertiary/aromatic N) is 4. The van der Waals surface area contributed by atoms with Crippen molar-refractivity contribution in [3.8, 4) is 29.2 Å². The summed E-state index contributed by atoms with van der Waals surface area (Å²) in [5.41, 5.74) is 3.07. The van der Waals surface area contributed by atoms with E-state index in [-0.39, 0.29) is 6.10 Å². The first-order chi connectivity index (χ1) is 16.8. The van der Waals surface area contributed by atoms with Gasteiger partial charge in [-0.1, -0.05) is 5.92 Å². The Morgan fingerprint density at radius 3 is 2.86 bits per heavy atom. The molecular weight excluding hydrogens is 444 g/mol. The molecular formula is C26H24N6O3. The molecule has 4 aromatic rings. The maximum absolute atomic E-state index is 11.6. The molecule has 3 heterocycles. The SMILES string of the molecule is C#Cc1ccc2nc(Nc3cc(O[C@@H]4CN[C@](C)(C(=O)O)C4)cc(-c4cnn(C)c4)c3)ncc2c1. The zero-order valence-electron chi connectivity index (χ0n) is 19.3. The molecule has 2 atom stereocenters. The van der Waals surface area contributed by atoms with Crippen LogP contribution in [0.1, 0.15) is 18.9 Å². The maximum atomic E-state index is 11.6. The summed E-state index contributed by atoms with van der Waals surface area (Å²) in [6.45, 7) is 2.11. The van der Waals surface area contributed by atoms with Crippen molar-refractivity contribution in [3.63, 3.8) is 0 Å². The first-order valence-corrected chi connectivity index (χ1v) is 11.1. The number of aliphatic carboxylic acids is 1. The highest BCUT2D eigenvalue weighted by Crippen LogP contribution is 2.32. The summed E-state index contributed by atoms with van der Waals surface area (Å²) in [6, 6.07) is 11.3. The third-order valence-electron chi connectivity index (χ3n) is 6.08. The van der Waals surface area contributed by atoms with E-state index >= 15 is 0 Å². The minimum atomic E-state index is -1.01. The minimum Gasteiger partial charge on any atom is -0.489 e. The lowest BCUT2D eigenvalue weighted by Crippen LogP contribution is -2.44. The molecule has 0 saturated carbocycles. The first-order valence-electron chi connectivity index (χ1n) is 11.1. The third kappa shape index (κ3) is 4.65. The number of hydrogen-bond donors (Lipinski definition) is 3. The van der Waals surface area contributed by atoms with Crippen LogP contribution in [0.5, 0.6) is 5.75 Å². The molecule has 176 valence electrons. The first kappa shape index (κ1) is 22.4. The molecule has 3 N–H and O–H groups in total. The van der Waals surface area contributed by atoms with Crippen LogP contribution in [0.2, 0.25) is 0 Å². The van der Waals surface area contributed by atoms with Crippen molar-refractivity contribution in [2.45, 2.75) is 25.0 Å². The number of ether oxygens (including phenoxy) is 1. The minimum absolute atomic E-state index is 0.282. The second-order valence-electron chi connectivity index (χ2n) is 8.85. The molecule has 0 unspecified atom stereocenters. The number of aryl methyl sites for hydroxylation is 1. The highest BCUT2D eigenvalue weighted by atomic mass is 16.5. The lowest BCUT2D eigenvalue weighted by atomic mass is 10.00. The monoisotopic (exact) mass is 468 g/mol. The van der Waals surface area contributed by atoms with Crippen LogP contribution in [-0.2, 0) is 11.8 Å². The Hall–Kier alpha value is -4.42. The van der Waals surface area contributed by atoms with Gasteiger partial charge in [0.15, 0.2) is 0 Å². The Labute approximate surface area is 202 Å². The highest BCUT2D eigenvalue weighted by Gasteiger charge is 2.42. The molecule has 2 aromatic heterocycles. The molecule has 35 heavy (non-hydrogen) atoms. The topological polar surface area (TPSA) is 114 Å². The molecule has 1 aliphatic heterocycles. The Balaban J connectivity index is 1.45. The number of nitrogens with one attached hydrogen (secondary N) is 2. The number of aromatic nitrogens is 4. The average Bonchev–Trinajstić information content (AvgIpc) is 3.45. The van der Waals surface area contributed by atoms with E-state index in [1.165, 1.54) is 0 Å². The van der Waals surface area contributed by atoms with Crippen molar-refractivity contribution in [3.05, 3.63) is 60.6 Å². The highest BCUT2D eigenvalue weighted by molar-refractivity contribution is 5.81. The van der Waals surface area contributed by atoms with Gasteiger partial charge in [-0.15, -0.1) is 6.42 Å². The second-order valence-corrected chi connectivity index (χ2v) is 8.85. The van der Waals surface area contributed by atoms with Crippen LogP contribution in [0.15, 0.2) is 55.0 Å². The average molecular weight is 469 g/mol. The van der Waals surface area contributed by atoms with Gasteiger partial charge in [0, 0.05) is 60.7 Å². The molecule has 1 fully saturated rings. The van der Waals surface area contributed by atoms with E-state index in [0.29, 0.717) is 24.7 Å². The largest absolute Gasteiger partial charge is 0.489 e. The molecule has 0 amide bonds. The molecule has 5 rings (SSSR count). The lowest BCUT2D eigenvalue weighted by molar-refractivity contribution is -0.143. The van der Waals surface area contributed by atoms with E-state index in [1.807, 2.05) is 49.6 Å². The summed E-state index contributed by atoms with van der Waals surface area (Å²) in [7, 11) is 1.86. The molecule has 0 aliphatic carbocycles. The van der Waals surface area contributed by atoms with Crippen LogP contribution in [0.4, 0.5) is 11.6 Å². The van der Waals surface area contributed by atoms with Crippen molar-refractivity contribution in [1.82, 2.24) is 25.1 Å². The van der Waals surface area contributed by atoms with Gasteiger partial charge in [0.1, 0.15) is 17.4 Å².